The van der Waals surface area contributed by atoms with Crippen molar-refractivity contribution in [2.24, 2.45) is 0 Å². The smallest absolute Gasteiger partial charge is 0.262 e. The van der Waals surface area contributed by atoms with Crippen LogP contribution in [0.3, 0.4) is 0 Å². The molecule has 150 valence electrons. The predicted octanol–water partition coefficient (Wildman–Crippen LogP) is 1.23. The molecular formula is C21H21N3O5. The second kappa shape index (κ2) is 8.55. The van der Waals surface area contributed by atoms with Gasteiger partial charge in [-0.05, 0) is 43.3 Å². The van der Waals surface area contributed by atoms with E-state index in [9.17, 15) is 19.2 Å². The molecule has 3 rings (SSSR count). The van der Waals surface area contributed by atoms with E-state index in [0.29, 0.717) is 22.4 Å². The summed E-state index contributed by atoms with van der Waals surface area (Å²) < 4.78 is 5.04. The van der Waals surface area contributed by atoms with Crippen molar-refractivity contribution in [3.63, 3.8) is 0 Å². The average molecular weight is 395 g/mol. The van der Waals surface area contributed by atoms with Crippen LogP contribution in [0.25, 0.3) is 0 Å². The molecule has 0 spiro atoms. The van der Waals surface area contributed by atoms with Crippen LogP contribution in [0, 0.1) is 0 Å². The van der Waals surface area contributed by atoms with Gasteiger partial charge < -0.3 is 15.4 Å². The maximum absolute atomic E-state index is 12.4. The number of ether oxygens (including phenoxy) is 1. The molecule has 2 aromatic rings. The minimum atomic E-state index is -0.959. The molecule has 1 atom stereocenters. The number of nitrogens with zero attached hydrogens (tertiary/aromatic N) is 1. The zero-order chi connectivity index (χ0) is 21.0. The van der Waals surface area contributed by atoms with Gasteiger partial charge in [0.2, 0.25) is 5.91 Å². The highest BCUT2D eigenvalue weighted by molar-refractivity contribution is 6.22. The van der Waals surface area contributed by atoms with Crippen molar-refractivity contribution in [1.29, 1.82) is 0 Å². The van der Waals surface area contributed by atoms with Crippen molar-refractivity contribution in [1.82, 2.24) is 15.5 Å². The van der Waals surface area contributed by atoms with Gasteiger partial charge in [0.05, 0.1) is 18.2 Å². The average Bonchev–Trinajstić information content (AvgIpc) is 3.01. The van der Waals surface area contributed by atoms with Crippen molar-refractivity contribution >= 4 is 23.6 Å². The van der Waals surface area contributed by atoms with Crippen LogP contribution in [-0.2, 0) is 4.79 Å². The largest absolute Gasteiger partial charge is 0.497 e. The third-order valence-corrected chi connectivity index (χ3v) is 4.65. The molecular weight excluding hydrogens is 374 g/mol. The zero-order valence-corrected chi connectivity index (χ0v) is 16.1. The number of hydrogen-bond acceptors (Lipinski definition) is 5. The van der Waals surface area contributed by atoms with Crippen molar-refractivity contribution in [2.45, 2.75) is 13.0 Å². The first kappa shape index (κ1) is 20.1. The van der Waals surface area contributed by atoms with E-state index in [1.54, 1.807) is 55.6 Å². The molecule has 4 amide bonds. The van der Waals surface area contributed by atoms with Crippen molar-refractivity contribution in [3.8, 4) is 5.75 Å². The predicted molar refractivity (Wildman–Crippen MR) is 105 cm³/mol. The van der Waals surface area contributed by atoms with E-state index in [1.165, 1.54) is 6.92 Å². The first-order valence-electron chi connectivity index (χ1n) is 9.11. The fraction of sp³-hybridized carbons (Fsp3) is 0.238. The van der Waals surface area contributed by atoms with E-state index >= 15 is 0 Å². The summed E-state index contributed by atoms with van der Waals surface area (Å²) in [6.45, 7) is 1.85. The maximum Gasteiger partial charge on any atom is 0.262 e. The molecule has 29 heavy (non-hydrogen) atoms. The van der Waals surface area contributed by atoms with Gasteiger partial charge in [0, 0.05) is 18.7 Å². The second-order valence-corrected chi connectivity index (χ2v) is 6.48. The van der Waals surface area contributed by atoms with E-state index in [-0.39, 0.29) is 19.0 Å². The Labute approximate surface area is 167 Å². The number of hydrogen-bond donors (Lipinski definition) is 2. The maximum atomic E-state index is 12.4. The Bertz CT molecular complexity index is 920. The molecule has 2 N–H and O–H groups in total. The standard InChI is InChI=1S/C21H21N3O5/c1-13(24-20(27)16-5-3-4-6-17(16)21(24)28)18(25)22-11-12-23-19(26)14-7-9-15(29-2)10-8-14/h3-10,13H,11-12H2,1-2H3,(H,22,25)(H,23,26). The number of nitrogens with one attached hydrogen (secondary N) is 2. The SMILES string of the molecule is COc1ccc(C(=O)NCCNC(=O)C(C)N2C(=O)c3ccccc3C2=O)cc1. The van der Waals surface area contributed by atoms with Gasteiger partial charge in [-0.25, -0.2) is 0 Å². The molecule has 0 aromatic heterocycles. The summed E-state index contributed by atoms with van der Waals surface area (Å²) >= 11 is 0. The number of carbonyl (C=O) groups excluding carboxylic acids is 4. The van der Waals surface area contributed by atoms with Crippen molar-refractivity contribution in [3.05, 3.63) is 65.2 Å². The van der Waals surface area contributed by atoms with Crippen molar-refractivity contribution < 1.29 is 23.9 Å². The van der Waals surface area contributed by atoms with Crippen LogP contribution in [-0.4, -0.2) is 54.8 Å². The Balaban J connectivity index is 1.49. The lowest BCUT2D eigenvalue weighted by atomic mass is 10.1. The number of fused-ring (bicyclic) bond motifs is 1. The van der Waals surface area contributed by atoms with Crippen LogP contribution in [0.1, 0.15) is 38.0 Å². The van der Waals surface area contributed by atoms with Gasteiger partial charge in [-0.15, -0.1) is 0 Å². The van der Waals surface area contributed by atoms with Crippen LogP contribution in [0.2, 0.25) is 0 Å². The number of carbonyl (C=O) groups is 4. The molecule has 0 saturated heterocycles. The van der Waals surface area contributed by atoms with Gasteiger partial charge in [0.1, 0.15) is 11.8 Å². The van der Waals surface area contributed by atoms with Gasteiger partial charge in [-0.1, -0.05) is 12.1 Å². The van der Waals surface area contributed by atoms with Crippen LogP contribution in [0.5, 0.6) is 5.75 Å². The van der Waals surface area contributed by atoms with Crippen LogP contribution >= 0.6 is 0 Å². The fourth-order valence-corrected chi connectivity index (χ4v) is 3.03. The summed E-state index contributed by atoms with van der Waals surface area (Å²) in [6.07, 6.45) is 0. The van der Waals surface area contributed by atoms with Crippen LogP contribution < -0.4 is 15.4 Å². The minimum Gasteiger partial charge on any atom is -0.497 e. The number of rotatable bonds is 7. The van der Waals surface area contributed by atoms with Gasteiger partial charge in [-0.2, -0.15) is 0 Å². The monoisotopic (exact) mass is 395 g/mol. The normalized spacial score (nSPS) is 13.7. The molecule has 1 aliphatic heterocycles. The van der Waals surface area contributed by atoms with E-state index in [2.05, 4.69) is 10.6 Å². The highest BCUT2D eigenvalue weighted by Crippen LogP contribution is 2.24. The number of benzene rings is 2. The Hall–Kier alpha value is -3.68. The molecule has 0 radical (unpaired) electrons. The molecule has 0 fully saturated rings. The van der Waals surface area contributed by atoms with E-state index in [1.807, 2.05) is 0 Å². The molecule has 8 nitrogen and oxygen atoms in total. The van der Waals surface area contributed by atoms with Crippen LogP contribution in [0.4, 0.5) is 0 Å². The highest BCUT2D eigenvalue weighted by atomic mass is 16.5. The number of imide groups is 1. The summed E-state index contributed by atoms with van der Waals surface area (Å²) in [4.78, 5) is 50.3. The molecule has 2 aromatic carbocycles. The van der Waals surface area contributed by atoms with E-state index in [4.69, 9.17) is 4.74 Å². The van der Waals surface area contributed by atoms with Crippen molar-refractivity contribution in [2.75, 3.05) is 20.2 Å². The molecule has 0 aliphatic carbocycles. The van der Waals surface area contributed by atoms with Gasteiger partial charge in [0.15, 0.2) is 0 Å². The Morgan fingerprint density at radius 1 is 0.931 bits per heavy atom. The van der Waals surface area contributed by atoms with Gasteiger partial charge in [0.25, 0.3) is 17.7 Å². The lowest BCUT2D eigenvalue weighted by Crippen LogP contribution is -2.49. The molecule has 0 bridgehead atoms. The molecule has 0 saturated carbocycles. The Kier molecular flexibility index (Phi) is 5.92. The fourth-order valence-electron chi connectivity index (χ4n) is 3.03. The van der Waals surface area contributed by atoms with Gasteiger partial charge >= 0.3 is 0 Å². The third kappa shape index (κ3) is 4.11. The number of amides is 4. The first-order chi connectivity index (χ1) is 13.9. The second-order valence-electron chi connectivity index (χ2n) is 6.48. The summed E-state index contributed by atoms with van der Waals surface area (Å²) in [5.74, 6) is -1.08. The summed E-state index contributed by atoms with van der Waals surface area (Å²) in [5, 5.41) is 5.32. The van der Waals surface area contributed by atoms with Crippen LogP contribution in [0.15, 0.2) is 48.5 Å². The topological polar surface area (TPSA) is 105 Å². The molecule has 8 heteroatoms. The molecule has 1 aliphatic rings. The Morgan fingerprint density at radius 2 is 1.48 bits per heavy atom. The van der Waals surface area contributed by atoms with E-state index < -0.39 is 23.8 Å². The van der Waals surface area contributed by atoms with Gasteiger partial charge in [-0.3, -0.25) is 24.1 Å². The number of methoxy groups -OCH3 is 1. The first-order valence-corrected chi connectivity index (χ1v) is 9.11. The Morgan fingerprint density at radius 3 is 2.03 bits per heavy atom. The molecule has 1 unspecified atom stereocenters. The summed E-state index contributed by atoms with van der Waals surface area (Å²) in [5.41, 5.74) is 1.06. The quantitative estimate of drug-likeness (QED) is 0.542. The minimum absolute atomic E-state index is 0.161. The zero-order valence-electron chi connectivity index (χ0n) is 16.1. The lowest BCUT2D eigenvalue weighted by Gasteiger charge is -2.21. The third-order valence-electron chi connectivity index (χ3n) is 4.65. The highest BCUT2D eigenvalue weighted by Gasteiger charge is 2.40. The summed E-state index contributed by atoms with van der Waals surface area (Å²) in [7, 11) is 1.54. The summed E-state index contributed by atoms with van der Waals surface area (Å²) in [6, 6.07) is 12.1. The van der Waals surface area contributed by atoms with E-state index in [0.717, 1.165) is 4.90 Å². The molecule has 1 heterocycles. The lowest BCUT2D eigenvalue weighted by molar-refractivity contribution is -0.124.